The third-order valence-electron chi connectivity index (χ3n) is 4.31. The van der Waals surface area contributed by atoms with E-state index in [0.29, 0.717) is 29.3 Å². The van der Waals surface area contributed by atoms with Crippen molar-refractivity contribution in [3.05, 3.63) is 46.2 Å². The number of hydrogen-bond donors (Lipinski definition) is 1. The van der Waals surface area contributed by atoms with Gasteiger partial charge in [-0.05, 0) is 30.5 Å². The zero-order valence-corrected chi connectivity index (χ0v) is 16.4. The summed E-state index contributed by atoms with van der Waals surface area (Å²) in [6.45, 7) is 5.44. The van der Waals surface area contributed by atoms with Crippen molar-refractivity contribution in [3.63, 3.8) is 0 Å². The second-order valence-electron chi connectivity index (χ2n) is 6.38. The van der Waals surface area contributed by atoms with E-state index in [9.17, 15) is 19.2 Å². The predicted octanol–water partition coefficient (Wildman–Crippen LogP) is 3.55. The number of rotatable bonds is 8. The standard InChI is InChI=1S/C20H24FN3O2S/c1-3-9-24(10-4-2)19(26)13-27-20-17(12-22)16(11-18(25)23-20)14-5-7-15(21)8-6-14/h5-8,16H,3-4,9-11,13H2,1-2H3,(H,23,25)/t16-/m1/s1. The molecule has 0 spiro atoms. The molecule has 0 radical (unpaired) electrons. The quantitative estimate of drug-likeness (QED) is 0.738. The minimum absolute atomic E-state index is 0.00774. The molecule has 0 aliphatic carbocycles. The lowest BCUT2D eigenvalue weighted by atomic mass is 9.87. The zero-order chi connectivity index (χ0) is 19.8. The van der Waals surface area contributed by atoms with Crippen molar-refractivity contribution in [1.82, 2.24) is 10.2 Å². The number of carbonyl (C=O) groups excluding carboxylic acids is 2. The number of carbonyl (C=O) groups is 2. The summed E-state index contributed by atoms with van der Waals surface area (Å²) in [5, 5.41) is 12.8. The van der Waals surface area contributed by atoms with Gasteiger partial charge in [0.1, 0.15) is 5.82 Å². The third-order valence-corrected chi connectivity index (χ3v) is 5.31. The molecule has 1 atom stereocenters. The number of halogens is 1. The van der Waals surface area contributed by atoms with Crippen molar-refractivity contribution in [2.75, 3.05) is 18.8 Å². The normalized spacial score (nSPS) is 16.7. The average molecular weight is 389 g/mol. The van der Waals surface area contributed by atoms with E-state index in [1.54, 1.807) is 12.1 Å². The highest BCUT2D eigenvalue weighted by atomic mass is 32.2. The van der Waals surface area contributed by atoms with Gasteiger partial charge in [-0.15, -0.1) is 0 Å². The van der Waals surface area contributed by atoms with E-state index in [1.165, 1.54) is 23.9 Å². The summed E-state index contributed by atoms with van der Waals surface area (Å²) < 4.78 is 13.2. The number of nitrogens with one attached hydrogen (secondary N) is 1. The van der Waals surface area contributed by atoms with Crippen LogP contribution in [0.15, 0.2) is 34.9 Å². The van der Waals surface area contributed by atoms with Crippen molar-refractivity contribution in [1.29, 1.82) is 5.26 Å². The highest BCUT2D eigenvalue weighted by Gasteiger charge is 2.30. The molecule has 0 bridgehead atoms. The van der Waals surface area contributed by atoms with Gasteiger partial charge in [0.05, 0.1) is 22.4 Å². The van der Waals surface area contributed by atoms with Crippen LogP contribution in [0.4, 0.5) is 4.39 Å². The fraction of sp³-hybridized carbons (Fsp3) is 0.450. The minimum atomic E-state index is -0.427. The van der Waals surface area contributed by atoms with Gasteiger partial charge in [-0.1, -0.05) is 37.7 Å². The summed E-state index contributed by atoms with van der Waals surface area (Å²) in [5.41, 5.74) is 1.13. The molecule has 1 N–H and O–H groups in total. The lowest BCUT2D eigenvalue weighted by molar-refractivity contribution is -0.128. The van der Waals surface area contributed by atoms with Crippen LogP contribution in [0.1, 0.15) is 44.6 Å². The van der Waals surface area contributed by atoms with Crippen LogP contribution in [0, 0.1) is 17.1 Å². The van der Waals surface area contributed by atoms with Crippen molar-refractivity contribution < 1.29 is 14.0 Å². The molecule has 2 rings (SSSR count). The van der Waals surface area contributed by atoms with Crippen molar-refractivity contribution in [2.24, 2.45) is 0 Å². The molecule has 0 unspecified atom stereocenters. The Bertz CT molecular complexity index is 749. The van der Waals surface area contributed by atoms with Crippen LogP contribution in [0.3, 0.4) is 0 Å². The molecule has 144 valence electrons. The molecule has 1 heterocycles. The topological polar surface area (TPSA) is 73.2 Å². The molecule has 0 saturated heterocycles. The molecule has 0 aromatic heterocycles. The number of benzene rings is 1. The molecule has 27 heavy (non-hydrogen) atoms. The summed E-state index contributed by atoms with van der Waals surface area (Å²) in [5.74, 6) is -0.849. The number of nitrogens with zero attached hydrogens (tertiary/aromatic N) is 2. The number of amides is 2. The number of nitriles is 1. The van der Waals surface area contributed by atoms with Gasteiger partial charge in [0.25, 0.3) is 0 Å². The molecule has 0 saturated carbocycles. The first-order valence-corrected chi connectivity index (χ1v) is 10.1. The third kappa shape index (κ3) is 5.57. The smallest absolute Gasteiger partial charge is 0.232 e. The summed E-state index contributed by atoms with van der Waals surface area (Å²) >= 11 is 1.18. The maximum atomic E-state index is 13.2. The highest BCUT2D eigenvalue weighted by Crippen LogP contribution is 2.36. The summed E-state index contributed by atoms with van der Waals surface area (Å²) in [6.07, 6.45) is 1.89. The lowest BCUT2D eigenvalue weighted by Crippen LogP contribution is -2.35. The van der Waals surface area contributed by atoms with Crippen LogP contribution in [0.2, 0.25) is 0 Å². The molecule has 1 aliphatic heterocycles. The maximum absolute atomic E-state index is 13.2. The molecule has 7 heteroatoms. The first kappa shape index (κ1) is 21.0. The van der Waals surface area contributed by atoms with Gasteiger partial charge in [0.15, 0.2) is 0 Å². The van der Waals surface area contributed by atoms with Crippen molar-refractivity contribution >= 4 is 23.6 Å². The van der Waals surface area contributed by atoms with Crippen LogP contribution in [0.25, 0.3) is 0 Å². The largest absolute Gasteiger partial charge is 0.342 e. The van der Waals surface area contributed by atoms with Crippen LogP contribution < -0.4 is 5.32 Å². The van der Waals surface area contributed by atoms with E-state index in [1.807, 2.05) is 18.7 Å². The first-order valence-electron chi connectivity index (χ1n) is 9.10. The Morgan fingerprint density at radius 2 is 1.93 bits per heavy atom. The zero-order valence-electron chi connectivity index (χ0n) is 15.6. The Labute approximate surface area is 163 Å². The monoisotopic (exact) mass is 389 g/mol. The summed E-state index contributed by atoms with van der Waals surface area (Å²) in [6, 6.07) is 7.99. The van der Waals surface area contributed by atoms with E-state index in [-0.39, 0.29) is 29.8 Å². The molecular formula is C20H24FN3O2S. The fourth-order valence-corrected chi connectivity index (χ4v) is 4.02. The van der Waals surface area contributed by atoms with Crippen LogP contribution >= 0.6 is 11.8 Å². The second-order valence-corrected chi connectivity index (χ2v) is 7.37. The molecule has 1 aliphatic rings. The number of hydrogen-bond acceptors (Lipinski definition) is 4. The van der Waals surface area contributed by atoms with E-state index >= 15 is 0 Å². The van der Waals surface area contributed by atoms with Crippen LogP contribution in [0.5, 0.6) is 0 Å². The predicted molar refractivity (Wildman–Crippen MR) is 104 cm³/mol. The van der Waals surface area contributed by atoms with Gasteiger partial charge < -0.3 is 10.2 Å². The van der Waals surface area contributed by atoms with Gasteiger partial charge in [-0.25, -0.2) is 4.39 Å². The molecule has 5 nitrogen and oxygen atoms in total. The lowest BCUT2D eigenvalue weighted by Gasteiger charge is -2.26. The van der Waals surface area contributed by atoms with Crippen LogP contribution in [-0.4, -0.2) is 35.6 Å². The van der Waals surface area contributed by atoms with Gasteiger partial charge in [0.2, 0.25) is 11.8 Å². The average Bonchev–Trinajstić information content (AvgIpc) is 2.66. The first-order chi connectivity index (χ1) is 13.0. The number of thioether (sulfide) groups is 1. The minimum Gasteiger partial charge on any atom is -0.342 e. The summed E-state index contributed by atoms with van der Waals surface area (Å²) in [7, 11) is 0. The van der Waals surface area contributed by atoms with Gasteiger partial charge in [-0.3, -0.25) is 9.59 Å². The second kappa shape index (κ2) is 10.1. The van der Waals surface area contributed by atoms with Gasteiger partial charge in [0, 0.05) is 25.4 Å². The molecular weight excluding hydrogens is 365 g/mol. The van der Waals surface area contributed by atoms with Crippen molar-refractivity contribution in [2.45, 2.75) is 39.0 Å². The number of allylic oxidation sites excluding steroid dienone is 1. The fourth-order valence-electron chi connectivity index (χ4n) is 3.04. The Morgan fingerprint density at radius 3 is 2.48 bits per heavy atom. The van der Waals surface area contributed by atoms with E-state index < -0.39 is 5.92 Å². The Balaban J connectivity index is 2.19. The van der Waals surface area contributed by atoms with Crippen LogP contribution in [-0.2, 0) is 9.59 Å². The van der Waals surface area contributed by atoms with Crippen molar-refractivity contribution in [3.8, 4) is 6.07 Å². The highest BCUT2D eigenvalue weighted by molar-refractivity contribution is 8.03. The summed E-state index contributed by atoms with van der Waals surface area (Å²) in [4.78, 5) is 26.4. The van der Waals surface area contributed by atoms with E-state index in [4.69, 9.17) is 0 Å². The molecule has 1 aromatic rings. The Morgan fingerprint density at radius 1 is 1.30 bits per heavy atom. The maximum Gasteiger partial charge on any atom is 0.232 e. The molecule has 2 amide bonds. The Kier molecular flexibility index (Phi) is 7.86. The Hall–Kier alpha value is -2.33. The molecule has 1 aromatic carbocycles. The van der Waals surface area contributed by atoms with Gasteiger partial charge in [-0.2, -0.15) is 5.26 Å². The van der Waals surface area contributed by atoms with E-state index in [2.05, 4.69) is 11.4 Å². The van der Waals surface area contributed by atoms with E-state index in [0.717, 1.165) is 12.8 Å². The molecule has 0 fully saturated rings. The SMILES string of the molecule is CCCN(CCC)C(=O)CSC1=C(C#N)[C@@H](c2ccc(F)cc2)CC(=O)N1. The van der Waals surface area contributed by atoms with Gasteiger partial charge >= 0.3 is 0 Å².